The van der Waals surface area contributed by atoms with Crippen molar-refractivity contribution in [3.05, 3.63) is 59.7 Å². The van der Waals surface area contributed by atoms with Crippen LogP contribution in [0.5, 0.6) is 0 Å². The summed E-state index contributed by atoms with van der Waals surface area (Å²) in [5.41, 5.74) is 2.03. The molecule has 2 aromatic rings. The summed E-state index contributed by atoms with van der Waals surface area (Å²) in [6, 6.07) is 9.72. The van der Waals surface area contributed by atoms with Gasteiger partial charge in [0.1, 0.15) is 6.10 Å². The maximum absolute atomic E-state index is 12.2. The van der Waals surface area contributed by atoms with Crippen molar-refractivity contribution in [1.82, 2.24) is 9.97 Å². The molecule has 0 bridgehead atoms. The van der Waals surface area contributed by atoms with Crippen molar-refractivity contribution in [2.75, 3.05) is 0 Å². The Labute approximate surface area is 131 Å². The zero-order chi connectivity index (χ0) is 15.8. The van der Waals surface area contributed by atoms with Crippen molar-refractivity contribution < 1.29 is 9.53 Å². The summed E-state index contributed by atoms with van der Waals surface area (Å²) in [6.45, 7) is 4.13. The molecule has 22 heavy (non-hydrogen) atoms. The van der Waals surface area contributed by atoms with Crippen LogP contribution >= 0.6 is 0 Å². The van der Waals surface area contributed by atoms with E-state index in [1.807, 2.05) is 37.3 Å². The van der Waals surface area contributed by atoms with Gasteiger partial charge in [-0.1, -0.05) is 50.6 Å². The Hall–Kier alpha value is -2.23. The number of rotatable bonds is 7. The summed E-state index contributed by atoms with van der Waals surface area (Å²) in [7, 11) is 0. The Balaban J connectivity index is 2.01. The second-order valence-corrected chi connectivity index (χ2v) is 5.23. The van der Waals surface area contributed by atoms with Crippen LogP contribution in [0.15, 0.2) is 42.7 Å². The van der Waals surface area contributed by atoms with Gasteiger partial charge in [-0.05, 0) is 30.4 Å². The van der Waals surface area contributed by atoms with Gasteiger partial charge in [0.2, 0.25) is 5.82 Å². The van der Waals surface area contributed by atoms with Gasteiger partial charge in [0.05, 0.1) is 0 Å². The van der Waals surface area contributed by atoms with E-state index in [0.717, 1.165) is 30.4 Å². The van der Waals surface area contributed by atoms with Crippen LogP contribution in [-0.2, 0) is 11.2 Å². The highest BCUT2D eigenvalue weighted by Crippen LogP contribution is 2.21. The van der Waals surface area contributed by atoms with E-state index in [-0.39, 0.29) is 11.9 Å². The molecule has 1 aromatic heterocycles. The maximum atomic E-state index is 12.2. The lowest BCUT2D eigenvalue weighted by atomic mass is 10.1. The van der Waals surface area contributed by atoms with Crippen LogP contribution in [0.2, 0.25) is 0 Å². The molecule has 116 valence electrons. The molecule has 1 heterocycles. The van der Waals surface area contributed by atoms with E-state index in [1.165, 1.54) is 0 Å². The van der Waals surface area contributed by atoms with Crippen LogP contribution in [0.4, 0.5) is 0 Å². The number of aromatic nitrogens is 2. The zero-order valence-corrected chi connectivity index (χ0v) is 13.2. The third-order valence-electron chi connectivity index (χ3n) is 3.50. The Bertz CT molecular complexity index is 582. The topological polar surface area (TPSA) is 52.1 Å². The molecular formula is C18H22N2O2. The number of carbonyl (C=O) groups excluding carboxylic acids is 1. The van der Waals surface area contributed by atoms with Crippen LogP contribution < -0.4 is 0 Å². The number of benzene rings is 1. The predicted molar refractivity (Wildman–Crippen MR) is 85.5 cm³/mol. The van der Waals surface area contributed by atoms with Crippen molar-refractivity contribution >= 4 is 5.97 Å². The van der Waals surface area contributed by atoms with Crippen molar-refractivity contribution in [3.63, 3.8) is 0 Å². The molecule has 1 unspecified atom stereocenters. The first kappa shape index (κ1) is 16.1. The average Bonchev–Trinajstić information content (AvgIpc) is 2.58. The monoisotopic (exact) mass is 298 g/mol. The Kier molecular flexibility index (Phi) is 6.07. The van der Waals surface area contributed by atoms with Crippen molar-refractivity contribution in [3.8, 4) is 0 Å². The summed E-state index contributed by atoms with van der Waals surface area (Å²) in [5, 5.41) is 0. The molecule has 1 aromatic carbocycles. The average molecular weight is 298 g/mol. The summed E-state index contributed by atoms with van der Waals surface area (Å²) < 4.78 is 5.53. The number of hydrogen-bond donors (Lipinski definition) is 0. The van der Waals surface area contributed by atoms with Gasteiger partial charge in [0, 0.05) is 12.4 Å². The van der Waals surface area contributed by atoms with Crippen LogP contribution in [0.25, 0.3) is 0 Å². The first-order valence-corrected chi connectivity index (χ1v) is 7.81. The molecule has 0 aliphatic carbocycles. The number of unbranched alkanes of at least 4 members (excludes halogenated alkanes) is 1. The normalized spacial score (nSPS) is 11.9. The van der Waals surface area contributed by atoms with Gasteiger partial charge >= 0.3 is 5.97 Å². The molecule has 0 saturated heterocycles. The molecule has 0 radical (unpaired) electrons. The fourth-order valence-electron chi connectivity index (χ4n) is 2.21. The molecule has 0 aliphatic heterocycles. The number of carbonyl (C=O) groups is 1. The lowest BCUT2D eigenvalue weighted by Gasteiger charge is -2.15. The van der Waals surface area contributed by atoms with Gasteiger partial charge < -0.3 is 4.74 Å². The molecule has 0 N–H and O–H groups in total. The predicted octanol–water partition coefficient (Wildman–Crippen LogP) is 4.13. The van der Waals surface area contributed by atoms with Crippen LogP contribution in [0.3, 0.4) is 0 Å². The molecule has 0 fully saturated rings. The van der Waals surface area contributed by atoms with Crippen LogP contribution in [0.1, 0.15) is 61.0 Å². The number of ether oxygens (including phenoxy) is 1. The Morgan fingerprint density at radius 2 is 1.82 bits per heavy atom. The summed E-state index contributed by atoms with van der Waals surface area (Å²) in [6.07, 6.45) is 7.03. The van der Waals surface area contributed by atoms with E-state index in [1.54, 1.807) is 12.4 Å². The molecule has 4 heteroatoms. The molecule has 1 atom stereocenters. The first-order valence-electron chi connectivity index (χ1n) is 7.81. The van der Waals surface area contributed by atoms with Gasteiger partial charge in [-0.15, -0.1) is 0 Å². The molecule has 4 nitrogen and oxygen atoms in total. The van der Waals surface area contributed by atoms with Gasteiger partial charge in [-0.25, -0.2) is 14.8 Å². The van der Waals surface area contributed by atoms with Gasteiger partial charge in [0.15, 0.2) is 0 Å². The fraction of sp³-hybridized carbons (Fsp3) is 0.389. The van der Waals surface area contributed by atoms with Crippen molar-refractivity contribution in [2.45, 2.75) is 45.6 Å². The van der Waals surface area contributed by atoms with Crippen LogP contribution in [-0.4, -0.2) is 15.9 Å². The first-order chi connectivity index (χ1) is 10.7. The minimum Gasteiger partial charge on any atom is -0.452 e. The quantitative estimate of drug-likeness (QED) is 0.721. The summed E-state index contributed by atoms with van der Waals surface area (Å²) >= 11 is 0. The number of esters is 1. The number of aryl methyl sites for hydroxylation is 1. The van der Waals surface area contributed by atoms with E-state index in [2.05, 4.69) is 16.9 Å². The molecule has 2 rings (SSSR count). The van der Waals surface area contributed by atoms with E-state index in [9.17, 15) is 4.79 Å². The second kappa shape index (κ2) is 8.27. The fourth-order valence-corrected chi connectivity index (χ4v) is 2.21. The Morgan fingerprint density at radius 3 is 2.41 bits per heavy atom. The Morgan fingerprint density at radius 1 is 1.14 bits per heavy atom. The van der Waals surface area contributed by atoms with Crippen molar-refractivity contribution in [2.24, 2.45) is 0 Å². The molecule has 0 aliphatic rings. The van der Waals surface area contributed by atoms with E-state index < -0.39 is 5.97 Å². The zero-order valence-electron chi connectivity index (χ0n) is 13.2. The smallest absolute Gasteiger partial charge is 0.376 e. The molecule has 0 spiro atoms. The third kappa shape index (κ3) is 4.38. The minimum absolute atomic E-state index is 0.120. The lowest BCUT2D eigenvalue weighted by Crippen LogP contribution is -2.14. The maximum Gasteiger partial charge on any atom is 0.376 e. The summed E-state index contributed by atoms with van der Waals surface area (Å²) in [4.78, 5) is 20.4. The van der Waals surface area contributed by atoms with E-state index in [4.69, 9.17) is 4.74 Å². The van der Waals surface area contributed by atoms with E-state index >= 15 is 0 Å². The van der Waals surface area contributed by atoms with Gasteiger partial charge in [-0.2, -0.15) is 0 Å². The number of nitrogens with zero attached hydrogens (tertiary/aromatic N) is 2. The standard InChI is InChI=1S/C18H22N2O2/c1-3-5-9-14-12-19-17(20-13-14)18(21)22-16(4-2)15-10-7-6-8-11-15/h6-8,10-13,16H,3-5,9H2,1-2H3. The van der Waals surface area contributed by atoms with E-state index in [0.29, 0.717) is 6.42 Å². The van der Waals surface area contributed by atoms with Crippen LogP contribution in [0, 0.1) is 0 Å². The van der Waals surface area contributed by atoms with Gasteiger partial charge in [-0.3, -0.25) is 0 Å². The molecular weight excluding hydrogens is 276 g/mol. The third-order valence-corrected chi connectivity index (χ3v) is 3.50. The highest BCUT2D eigenvalue weighted by molar-refractivity contribution is 5.85. The largest absolute Gasteiger partial charge is 0.452 e. The molecule has 0 amide bonds. The highest BCUT2D eigenvalue weighted by Gasteiger charge is 2.18. The highest BCUT2D eigenvalue weighted by atomic mass is 16.5. The SMILES string of the molecule is CCCCc1cnc(C(=O)OC(CC)c2ccccc2)nc1. The van der Waals surface area contributed by atoms with Gasteiger partial charge in [0.25, 0.3) is 0 Å². The summed E-state index contributed by atoms with van der Waals surface area (Å²) in [5.74, 6) is -0.354. The number of hydrogen-bond acceptors (Lipinski definition) is 4. The van der Waals surface area contributed by atoms with Crippen molar-refractivity contribution in [1.29, 1.82) is 0 Å². The molecule has 0 saturated carbocycles. The minimum atomic E-state index is -0.474. The second-order valence-electron chi connectivity index (χ2n) is 5.23. The lowest BCUT2D eigenvalue weighted by molar-refractivity contribution is 0.0273.